The number of hydrogen-bond acceptors (Lipinski definition) is 3. The summed E-state index contributed by atoms with van der Waals surface area (Å²) in [5, 5.41) is 3.47. The summed E-state index contributed by atoms with van der Waals surface area (Å²) in [5.41, 5.74) is 0. The van der Waals surface area contributed by atoms with Crippen LogP contribution in [0.2, 0.25) is 0 Å². The van der Waals surface area contributed by atoms with Crippen molar-refractivity contribution < 1.29 is 9.53 Å². The average molecular weight is 214 g/mol. The molecule has 1 N–H and O–H groups in total. The van der Waals surface area contributed by atoms with Gasteiger partial charge in [-0.1, -0.05) is 6.92 Å². The van der Waals surface area contributed by atoms with Crippen LogP contribution in [0.3, 0.4) is 0 Å². The molecule has 1 amide bonds. The molecule has 0 bridgehead atoms. The molecule has 0 radical (unpaired) electrons. The van der Waals surface area contributed by atoms with Crippen molar-refractivity contribution in [2.45, 2.75) is 38.8 Å². The summed E-state index contributed by atoms with van der Waals surface area (Å²) < 4.78 is 5.07. The van der Waals surface area contributed by atoms with Gasteiger partial charge in [-0.2, -0.15) is 0 Å². The van der Waals surface area contributed by atoms with Crippen LogP contribution in [0, 0.1) is 0 Å². The van der Waals surface area contributed by atoms with Crippen LogP contribution in [-0.2, 0) is 9.53 Å². The fraction of sp³-hybridized carbons (Fsp3) is 0.909. The monoisotopic (exact) mass is 214 g/mol. The van der Waals surface area contributed by atoms with Crippen molar-refractivity contribution in [3.63, 3.8) is 0 Å². The number of ether oxygens (including phenoxy) is 1. The number of nitrogens with zero attached hydrogens (tertiary/aromatic N) is 1. The van der Waals surface area contributed by atoms with Gasteiger partial charge in [0.25, 0.3) is 0 Å². The topological polar surface area (TPSA) is 41.6 Å². The Morgan fingerprint density at radius 1 is 1.67 bits per heavy atom. The molecule has 88 valence electrons. The Kier molecular flexibility index (Phi) is 5.05. The van der Waals surface area contributed by atoms with Crippen molar-refractivity contribution in [1.82, 2.24) is 10.2 Å². The van der Waals surface area contributed by atoms with Gasteiger partial charge in [-0.3, -0.25) is 4.79 Å². The maximum absolute atomic E-state index is 11.4. The number of carbonyl (C=O) groups excluding carboxylic acids is 1. The molecule has 1 heterocycles. The normalized spacial score (nSPS) is 23.1. The Morgan fingerprint density at radius 2 is 2.40 bits per heavy atom. The van der Waals surface area contributed by atoms with E-state index < -0.39 is 0 Å². The van der Waals surface area contributed by atoms with Gasteiger partial charge in [-0.25, -0.2) is 0 Å². The molecule has 0 aromatic heterocycles. The summed E-state index contributed by atoms with van der Waals surface area (Å²) in [6, 6.07) is 0.794. The summed E-state index contributed by atoms with van der Waals surface area (Å²) in [4.78, 5) is 13.4. The van der Waals surface area contributed by atoms with Gasteiger partial charge in [0.05, 0.1) is 6.61 Å². The number of hydrogen-bond donors (Lipinski definition) is 1. The summed E-state index contributed by atoms with van der Waals surface area (Å²) in [6.45, 7) is 6.48. The Morgan fingerprint density at radius 3 is 3.00 bits per heavy atom. The first-order chi connectivity index (χ1) is 7.17. The Labute approximate surface area is 92.0 Å². The highest BCUT2D eigenvalue weighted by Crippen LogP contribution is 2.10. The lowest BCUT2D eigenvalue weighted by molar-refractivity contribution is -0.129. The molecular weight excluding hydrogens is 192 g/mol. The second kappa shape index (κ2) is 6.08. The lowest BCUT2D eigenvalue weighted by Gasteiger charge is -2.19. The quantitative estimate of drug-likeness (QED) is 0.729. The number of amides is 1. The fourth-order valence-corrected chi connectivity index (χ4v) is 2.05. The number of carbonyl (C=O) groups is 1. The molecule has 1 aliphatic rings. The maximum atomic E-state index is 11.4. The van der Waals surface area contributed by atoms with Crippen LogP contribution in [0.15, 0.2) is 0 Å². The van der Waals surface area contributed by atoms with Gasteiger partial charge in [0, 0.05) is 38.7 Å². The number of nitrogens with one attached hydrogen (secondary N) is 1. The van der Waals surface area contributed by atoms with Crippen LogP contribution >= 0.6 is 0 Å². The third-order valence-corrected chi connectivity index (χ3v) is 2.78. The standard InChI is InChI=1S/C11H22N2O2/c1-4-11(14)13-6-5-10(7-13)12-9(2)8-15-3/h9-10,12H,4-8H2,1-3H3. The molecule has 15 heavy (non-hydrogen) atoms. The van der Waals surface area contributed by atoms with Crippen LogP contribution in [0.4, 0.5) is 0 Å². The van der Waals surface area contributed by atoms with Gasteiger partial charge in [0.15, 0.2) is 0 Å². The van der Waals surface area contributed by atoms with E-state index in [-0.39, 0.29) is 5.91 Å². The predicted molar refractivity (Wildman–Crippen MR) is 59.7 cm³/mol. The minimum absolute atomic E-state index is 0.263. The molecule has 1 saturated heterocycles. The molecule has 0 aromatic carbocycles. The zero-order valence-electron chi connectivity index (χ0n) is 9.95. The number of methoxy groups -OCH3 is 1. The van der Waals surface area contributed by atoms with E-state index in [4.69, 9.17) is 4.74 Å². The minimum atomic E-state index is 0.263. The van der Waals surface area contributed by atoms with Gasteiger partial charge in [0.2, 0.25) is 5.91 Å². The summed E-state index contributed by atoms with van der Waals surface area (Å²) >= 11 is 0. The van der Waals surface area contributed by atoms with E-state index >= 15 is 0 Å². The van der Waals surface area contributed by atoms with E-state index in [1.54, 1.807) is 7.11 Å². The first-order valence-electron chi connectivity index (χ1n) is 5.70. The number of rotatable bonds is 5. The van der Waals surface area contributed by atoms with Crippen LogP contribution in [0.5, 0.6) is 0 Å². The van der Waals surface area contributed by atoms with Crippen LogP contribution in [0.25, 0.3) is 0 Å². The van der Waals surface area contributed by atoms with Crippen molar-refractivity contribution >= 4 is 5.91 Å². The van der Waals surface area contributed by atoms with Crippen molar-refractivity contribution in [3.05, 3.63) is 0 Å². The lowest BCUT2D eigenvalue weighted by Crippen LogP contribution is -2.41. The van der Waals surface area contributed by atoms with Crippen molar-refractivity contribution in [2.24, 2.45) is 0 Å². The van der Waals surface area contributed by atoms with Gasteiger partial charge >= 0.3 is 0 Å². The Balaban J connectivity index is 2.27. The van der Waals surface area contributed by atoms with E-state index in [1.807, 2.05) is 11.8 Å². The van der Waals surface area contributed by atoms with E-state index in [1.165, 1.54) is 0 Å². The molecule has 1 aliphatic heterocycles. The molecule has 2 atom stereocenters. The van der Waals surface area contributed by atoms with Gasteiger partial charge < -0.3 is 15.0 Å². The summed E-state index contributed by atoms with van der Waals surface area (Å²) in [6.07, 6.45) is 1.67. The zero-order chi connectivity index (χ0) is 11.3. The molecule has 0 aromatic rings. The van der Waals surface area contributed by atoms with Crippen molar-refractivity contribution in [1.29, 1.82) is 0 Å². The second-order valence-electron chi connectivity index (χ2n) is 4.20. The van der Waals surface area contributed by atoms with E-state index in [0.717, 1.165) is 26.1 Å². The lowest BCUT2D eigenvalue weighted by atomic mass is 10.2. The minimum Gasteiger partial charge on any atom is -0.383 e. The molecule has 4 nitrogen and oxygen atoms in total. The zero-order valence-corrected chi connectivity index (χ0v) is 9.95. The first-order valence-corrected chi connectivity index (χ1v) is 5.70. The first kappa shape index (κ1) is 12.5. The van der Waals surface area contributed by atoms with Crippen molar-refractivity contribution in [3.8, 4) is 0 Å². The molecule has 0 saturated carbocycles. The predicted octanol–water partition coefficient (Wildman–Crippen LogP) is 0.622. The molecule has 0 spiro atoms. The largest absolute Gasteiger partial charge is 0.383 e. The third kappa shape index (κ3) is 3.80. The molecule has 1 fully saturated rings. The van der Waals surface area contributed by atoms with E-state index in [0.29, 0.717) is 18.5 Å². The highest BCUT2D eigenvalue weighted by atomic mass is 16.5. The van der Waals surface area contributed by atoms with Crippen molar-refractivity contribution in [2.75, 3.05) is 26.8 Å². The second-order valence-corrected chi connectivity index (χ2v) is 4.20. The van der Waals surface area contributed by atoms with Gasteiger partial charge in [-0.15, -0.1) is 0 Å². The third-order valence-electron chi connectivity index (χ3n) is 2.78. The van der Waals surface area contributed by atoms with Crippen LogP contribution in [-0.4, -0.2) is 49.7 Å². The van der Waals surface area contributed by atoms with Crippen LogP contribution in [0.1, 0.15) is 26.7 Å². The number of likely N-dealkylation sites (tertiary alicyclic amines) is 1. The van der Waals surface area contributed by atoms with E-state index in [9.17, 15) is 4.79 Å². The summed E-state index contributed by atoms with van der Waals surface area (Å²) in [5.74, 6) is 0.263. The highest BCUT2D eigenvalue weighted by Gasteiger charge is 2.25. The molecule has 1 rings (SSSR count). The SMILES string of the molecule is CCC(=O)N1CCC(NC(C)COC)C1. The fourth-order valence-electron chi connectivity index (χ4n) is 2.05. The molecular formula is C11H22N2O2. The molecule has 2 unspecified atom stereocenters. The van der Waals surface area contributed by atoms with Crippen LogP contribution < -0.4 is 5.32 Å². The highest BCUT2D eigenvalue weighted by molar-refractivity contribution is 5.76. The average Bonchev–Trinajstić information content (AvgIpc) is 2.65. The van der Waals surface area contributed by atoms with Gasteiger partial charge in [0.1, 0.15) is 0 Å². The van der Waals surface area contributed by atoms with E-state index in [2.05, 4.69) is 12.2 Å². The maximum Gasteiger partial charge on any atom is 0.222 e. The molecule has 4 heteroatoms. The Hall–Kier alpha value is -0.610. The summed E-state index contributed by atoms with van der Waals surface area (Å²) in [7, 11) is 1.71. The molecule has 0 aliphatic carbocycles. The smallest absolute Gasteiger partial charge is 0.222 e. The Bertz CT molecular complexity index is 209. The van der Waals surface area contributed by atoms with Gasteiger partial charge in [-0.05, 0) is 13.3 Å².